The molecule has 0 saturated carbocycles. The summed E-state index contributed by atoms with van der Waals surface area (Å²) in [6.07, 6.45) is -0.585. The summed E-state index contributed by atoms with van der Waals surface area (Å²) in [5.41, 5.74) is 3.70. The van der Waals surface area contributed by atoms with Crippen LogP contribution in [0.4, 0.5) is 0 Å². The highest BCUT2D eigenvalue weighted by Gasteiger charge is 2.10. The van der Waals surface area contributed by atoms with Crippen LogP contribution in [-0.4, -0.2) is 36.7 Å². The summed E-state index contributed by atoms with van der Waals surface area (Å²) >= 11 is 7.72. The van der Waals surface area contributed by atoms with Crippen LogP contribution in [0, 0.1) is 13.8 Å². The fourth-order valence-corrected chi connectivity index (χ4v) is 3.49. The number of nitrogens with one attached hydrogen (secondary N) is 1. The highest BCUT2D eigenvalue weighted by Crippen LogP contribution is 2.21. The third-order valence-corrected chi connectivity index (χ3v) is 5.53. The summed E-state index contributed by atoms with van der Waals surface area (Å²) in [4.78, 5) is 1.29. The number of hydrogen-bond donors (Lipinski definition) is 2. The van der Waals surface area contributed by atoms with Gasteiger partial charge in [0.25, 0.3) is 0 Å². The number of halogens is 1. The van der Waals surface area contributed by atoms with Crippen molar-refractivity contribution in [2.75, 3.05) is 25.4 Å². The van der Waals surface area contributed by atoms with E-state index in [4.69, 9.17) is 16.3 Å². The van der Waals surface area contributed by atoms with Gasteiger partial charge in [-0.15, -0.1) is 11.8 Å². The van der Waals surface area contributed by atoms with E-state index < -0.39 is 6.10 Å². The lowest BCUT2D eigenvalue weighted by Crippen LogP contribution is -2.32. The van der Waals surface area contributed by atoms with E-state index in [1.165, 1.54) is 16.0 Å². The molecule has 0 bridgehead atoms. The Balaban J connectivity index is 1.59. The fourth-order valence-electron chi connectivity index (χ4n) is 2.46. The van der Waals surface area contributed by atoms with Gasteiger partial charge in [0.1, 0.15) is 0 Å². The van der Waals surface area contributed by atoms with Crippen molar-refractivity contribution in [3.8, 4) is 0 Å². The predicted molar refractivity (Wildman–Crippen MR) is 111 cm³/mol. The van der Waals surface area contributed by atoms with Gasteiger partial charge in [-0.1, -0.05) is 29.8 Å². The third kappa shape index (κ3) is 7.29. The Labute approximate surface area is 166 Å². The molecule has 0 radical (unpaired) electrons. The van der Waals surface area contributed by atoms with Crippen LogP contribution >= 0.6 is 23.4 Å². The van der Waals surface area contributed by atoms with Crippen LogP contribution in [0.3, 0.4) is 0 Å². The van der Waals surface area contributed by atoms with Gasteiger partial charge in [0.05, 0.1) is 18.8 Å². The van der Waals surface area contributed by atoms with Gasteiger partial charge in [0, 0.05) is 28.8 Å². The number of aryl methyl sites for hydroxylation is 2. The van der Waals surface area contributed by atoms with E-state index in [1.807, 2.05) is 43.0 Å². The Bertz CT molecular complexity index is 678. The van der Waals surface area contributed by atoms with E-state index in [2.05, 4.69) is 37.4 Å². The van der Waals surface area contributed by atoms with Crippen molar-refractivity contribution in [1.29, 1.82) is 0 Å². The Morgan fingerprint density at radius 3 is 2.54 bits per heavy atom. The molecular formula is C21H28ClNO2S. The minimum absolute atomic E-state index is 0.0674. The molecule has 3 nitrogen and oxygen atoms in total. The molecule has 5 heteroatoms. The fraction of sp³-hybridized carbons (Fsp3) is 0.429. The maximum Gasteiger partial charge on any atom is 0.0897 e. The molecule has 0 saturated heterocycles. The molecule has 0 aromatic heterocycles. The van der Waals surface area contributed by atoms with E-state index in [1.54, 1.807) is 0 Å². The Kier molecular flexibility index (Phi) is 8.96. The minimum atomic E-state index is -0.517. The van der Waals surface area contributed by atoms with Crippen LogP contribution in [0.15, 0.2) is 47.4 Å². The number of ether oxygens (including phenoxy) is 1. The quantitative estimate of drug-likeness (QED) is 0.450. The van der Waals surface area contributed by atoms with Gasteiger partial charge in [-0.2, -0.15) is 0 Å². The van der Waals surface area contributed by atoms with Gasteiger partial charge in [-0.25, -0.2) is 0 Å². The third-order valence-electron chi connectivity index (χ3n) is 4.28. The van der Waals surface area contributed by atoms with Gasteiger partial charge in [-0.3, -0.25) is 0 Å². The van der Waals surface area contributed by atoms with Gasteiger partial charge < -0.3 is 15.2 Å². The molecule has 26 heavy (non-hydrogen) atoms. The van der Waals surface area contributed by atoms with Crippen molar-refractivity contribution < 1.29 is 9.84 Å². The largest absolute Gasteiger partial charge is 0.389 e. The smallest absolute Gasteiger partial charge is 0.0897 e. The van der Waals surface area contributed by atoms with E-state index in [-0.39, 0.29) is 6.10 Å². The molecule has 0 aliphatic rings. The number of thioether (sulfide) groups is 1. The first-order valence-corrected chi connectivity index (χ1v) is 10.3. The summed E-state index contributed by atoms with van der Waals surface area (Å²) in [5, 5.41) is 14.1. The number of hydrogen-bond acceptors (Lipinski definition) is 4. The van der Waals surface area contributed by atoms with Gasteiger partial charge in [0.2, 0.25) is 0 Å². The molecule has 2 atom stereocenters. The van der Waals surface area contributed by atoms with Crippen molar-refractivity contribution in [3.63, 3.8) is 0 Å². The molecule has 0 spiro atoms. The Morgan fingerprint density at radius 1 is 1.12 bits per heavy atom. The molecule has 2 aromatic rings. The number of aliphatic hydroxyl groups excluding tert-OH is 1. The van der Waals surface area contributed by atoms with Crippen LogP contribution in [0.2, 0.25) is 5.02 Å². The van der Waals surface area contributed by atoms with E-state index in [0.29, 0.717) is 18.2 Å². The number of aliphatic hydroxyl groups is 1. The van der Waals surface area contributed by atoms with E-state index in [9.17, 15) is 5.11 Å². The van der Waals surface area contributed by atoms with Crippen molar-refractivity contribution in [2.24, 2.45) is 0 Å². The second kappa shape index (κ2) is 11.0. The highest BCUT2D eigenvalue weighted by atomic mass is 35.5. The van der Waals surface area contributed by atoms with Crippen LogP contribution in [0.1, 0.15) is 29.7 Å². The zero-order chi connectivity index (χ0) is 18.9. The summed E-state index contributed by atoms with van der Waals surface area (Å²) < 4.78 is 5.74. The zero-order valence-corrected chi connectivity index (χ0v) is 17.2. The molecule has 0 aliphatic heterocycles. The van der Waals surface area contributed by atoms with E-state index >= 15 is 0 Å². The first-order chi connectivity index (χ1) is 12.5. The van der Waals surface area contributed by atoms with Crippen molar-refractivity contribution in [1.82, 2.24) is 5.32 Å². The SMILES string of the molecule is Cc1ccc(SCCNC[C@H](O)CO[C@H](C)c2ccc(Cl)cc2)cc1C. The Hall–Kier alpha value is -1.04. The highest BCUT2D eigenvalue weighted by molar-refractivity contribution is 7.99. The maximum absolute atomic E-state index is 10.1. The topological polar surface area (TPSA) is 41.5 Å². The normalized spacial score (nSPS) is 13.6. The van der Waals surface area contributed by atoms with Gasteiger partial charge in [-0.05, 0) is 61.7 Å². The molecule has 2 rings (SSSR count). The lowest BCUT2D eigenvalue weighted by atomic mass is 10.1. The van der Waals surface area contributed by atoms with Crippen LogP contribution < -0.4 is 5.32 Å². The molecule has 0 amide bonds. The van der Waals surface area contributed by atoms with Gasteiger partial charge >= 0.3 is 0 Å². The van der Waals surface area contributed by atoms with Crippen LogP contribution in [0.25, 0.3) is 0 Å². The summed E-state index contributed by atoms with van der Waals surface area (Å²) in [6.45, 7) is 7.93. The van der Waals surface area contributed by atoms with Crippen molar-refractivity contribution in [3.05, 3.63) is 64.2 Å². The molecular weight excluding hydrogens is 366 g/mol. The number of rotatable bonds is 10. The molecule has 0 heterocycles. The van der Waals surface area contributed by atoms with Crippen LogP contribution in [0.5, 0.6) is 0 Å². The average Bonchev–Trinajstić information content (AvgIpc) is 2.63. The summed E-state index contributed by atoms with van der Waals surface area (Å²) in [6, 6.07) is 14.1. The minimum Gasteiger partial charge on any atom is -0.389 e. The average molecular weight is 394 g/mol. The van der Waals surface area contributed by atoms with Gasteiger partial charge in [0.15, 0.2) is 0 Å². The standard InChI is InChI=1S/C21H28ClNO2S/c1-15-4-9-21(12-16(15)2)26-11-10-23-13-20(24)14-25-17(3)18-5-7-19(22)8-6-18/h4-9,12,17,20,23-24H,10-11,13-14H2,1-3H3/t17-,20+/m1/s1. The predicted octanol–water partition coefficient (Wildman–Crippen LogP) is 4.78. The van der Waals surface area contributed by atoms with Crippen molar-refractivity contribution >= 4 is 23.4 Å². The second-order valence-corrected chi connectivity index (χ2v) is 8.08. The molecule has 0 unspecified atom stereocenters. The first-order valence-electron chi connectivity index (χ1n) is 8.91. The summed E-state index contributed by atoms with van der Waals surface area (Å²) in [5.74, 6) is 0.969. The molecule has 2 aromatic carbocycles. The summed E-state index contributed by atoms with van der Waals surface area (Å²) in [7, 11) is 0. The zero-order valence-electron chi connectivity index (χ0n) is 15.7. The molecule has 0 aliphatic carbocycles. The maximum atomic E-state index is 10.1. The molecule has 0 fully saturated rings. The lowest BCUT2D eigenvalue weighted by molar-refractivity contribution is -0.00181. The molecule has 142 valence electrons. The van der Waals surface area contributed by atoms with Crippen LogP contribution in [-0.2, 0) is 4.74 Å². The van der Waals surface area contributed by atoms with E-state index in [0.717, 1.165) is 17.9 Å². The number of benzene rings is 2. The monoisotopic (exact) mass is 393 g/mol. The second-order valence-electron chi connectivity index (χ2n) is 6.48. The Morgan fingerprint density at radius 2 is 1.85 bits per heavy atom. The first kappa shape index (κ1) is 21.3. The molecule has 2 N–H and O–H groups in total. The lowest BCUT2D eigenvalue weighted by Gasteiger charge is -2.17. The van der Waals surface area contributed by atoms with Crippen molar-refractivity contribution in [2.45, 2.75) is 37.9 Å².